The second kappa shape index (κ2) is 14.7. The van der Waals surface area contributed by atoms with E-state index in [1.54, 1.807) is 12.4 Å². The molecule has 0 aliphatic rings. The highest BCUT2D eigenvalue weighted by Crippen LogP contribution is 2.14. The second-order valence-electron chi connectivity index (χ2n) is 7.80. The van der Waals surface area contributed by atoms with E-state index in [1.807, 2.05) is 109 Å². The molecule has 7 nitrogen and oxygen atoms in total. The van der Waals surface area contributed by atoms with Gasteiger partial charge in [-0.05, 0) is 70.8 Å². The van der Waals surface area contributed by atoms with Crippen molar-refractivity contribution in [1.29, 1.82) is 5.41 Å². The van der Waals surface area contributed by atoms with E-state index in [4.69, 9.17) is 14.9 Å². The smallest absolute Gasteiger partial charge is 0.230 e. The Kier molecular flexibility index (Phi) is 10.7. The molecule has 188 valence electrons. The van der Waals surface area contributed by atoms with Gasteiger partial charge in [0.15, 0.2) is 0 Å². The van der Waals surface area contributed by atoms with E-state index in [-0.39, 0.29) is 18.4 Å². The van der Waals surface area contributed by atoms with Crippen molar-refractivity contribution in [3.8, 4) is 11.5 Å². The molecule has 0 saturated heterocycles. The summed E-state index contributed by atoms with van der Waals surface area (Å²) in [7, 11) is 0. The zero-order valence-corrected chi connectivity index (χ0v) is 20.9. The quantitative estimate of drug-likeness (QED) is 0.143. The molecule has 3 N–H and O–H groups in total. The molecule has 0 unspecified atom stereocenters. The molecule has 0 saturated carbocycles. The van der Waals surface area contributed by atoms with Crippen molar-refractivity contribution in [3.63, 3.8) is 0 Å². The summed E-state index contributed by atoms with van der Waals surface area (Å²) in [6, 6.07) is 35.2. The molecular weight excluding hydrogens is 486 g/mol. The highest BCUT2D eigenvalue weighted by atomic mass is 35.5. The van der Waals surface area contributed by atoms with Crippen molar-refractivity contribution in [2.45, 2.75) is 13.2 Å². The second-order valence-corrected chi connectivity index (χ2v) is 7.80. The van der Waals surface area contributed by atoms with Gasteiger partial charge in [0.25, 0.3) is 0 Å². The Bertz CT molecular complexity index is 1180. The molecule has 0 heterocycles. The van der Waals surface area contributed by atoms with Crippen LogP contribution in [0.4, 0.5) is 0 Å². The highest BCUT2D eigenvalue weighted by Gasteiger charge is 1.98. The lowest BCUT2D eigenvalue weighted by atomic mass is 10.2. The Hall–Kier alpha value is -4.62. The lowest BCUT2D eigenvalue weighted by Crippen LogP contribution is -2.29. The predicted molar refractivity (Wildman–Crippen MR) is 151 cm³/mol. The van der Waals surface area contributed by atoms with E-state index in [0.717, 1.165) is 33.8 Å². The molecule has 0 fully saturated rings. The standard InChI is InChI=1S/C29H27N5O2.ClH/c30-29(33-31-19-23-11-15-27(16-12-23)35-21-25-7-3-1-4-8-25)34-32-20-24-13-17-28(18-14-24)36-22-26-9-5-2-6-10-26;/h1-20H,21-22H2,(H3,30,33,34);1H. The number of hydrogen-bond donors (Lipinski definition) is 3. The van der Waals surface area contributed by atoms with Gasteiger partial charge < -0.3 is 9.47 Å². The van der Waals surface area contributed by atoms with E-state index in [0.29, 0.717) is 13.2 Å². The van der Waals surface area contributed by atoms with Gasteiger partial charge in [-0.2, -0.15) is 10.2 Å². The molecule has 0 spiro atoms. The van der Waals surface area contributed by atoms with Gasteiger partial charge in [0, 0.05) is 0 Å². The fraction of sp³-hybridized carbons (Fsp3) is 0.0690. The number of ether oxygens (including phenoxy) is 2. The third kappa shape index (κ3) is 9.51. The number of rotatable bonds is 10. The minimum atomic E-state index is -0.0480. The maximum Gasteiger partial charge on any atom is 0.230 e. The molecule has 4 aromatic rings. The van der Waals surface area contributed by atoms with E-state index >= 15 is 0 Å². The summed E-state index contributed by atoms with van der Waals surface area (Å²) in [5.41, 5.74) is 9.18. The van der Waals surface area contributed by atoms with Gasteiger partial charge in [0.05, 0.1) is 12.4 Å². The summed E-state index contributed by atoms with van der Waals surface area (Å²) in [6.07, 6.45) is 3.24. The monoisotopic (exact) mass is 513 g/mol. The summed E-state index contributed by atoms with van der Waals surface area (Å²) in [6.45, 7) is 1.04. The molecule has 0 aliphatic heterocycles. The minimum absolute atomic E-state index is 0. The molecule has 4 aromatic carbocycles. The first-order chi connectivity index (χ1) is 17.7. The highest BCUT2D eigenvalue weighted by molar-refractivity contribution is 5.85. The van der Waals surface area contributed by atoms with Crippen LogP contribution in [0, 0.1) is 5.41 Å². The van der Waals surface area contributed by atoms with Gasteiger partial charge >= 0.3 is 0 Å². The summed E-state index contributed by atoms with van der Waals surface area (Å²) in [5.74, 6) is 1.51. The first-order valence-electron chi connectivity index (χ1n) is 11.4. The molecule has 0 bridgehead atoms. The number of nitrogens with zero attached hydrogens (tertiary/aromatic N) is 2. The maximum atomic E-state index is 7.87. The Balaban J connectivity index is 0.00000380. The molecule has 0 atom stereocenters. The third-order valence-electron chi connectivity index (χ3n) is 5.04. The Labute approximate surface area is 222 Å². The van der Waals surface area contributed by atoms with Crippen LogP contribution in [0.3, 0.4) is 0 Å². The van der Waals surface area contributed by atoms with Crippen LogP contribution in [-0.4, -0.2) is 18.4 Å². The largest absolute Gasteiger partial charge is 0.489 e. The van der Waals surface area contributed by atoms with Gasteiger partial charge in [0.1, 0.15) is 24.7 Å². The molecule has 4 rings (SSSR count). The van der Waals surface area contributed by atoms with Crippen LogP contribution < -0.4 is 20.3 Å². The van der Waals surface area contributed by atoms with E-state index in [2.05, 4.69) is 21.1 Å². The van der Waals surface area contributed by atoms with Gasteiger partial charge in [-0.15, -0.1) is 12.4 Å². The molecule has 0 aromatic heterocycles. The average molecular weight is 514 g/mol. The zero-order chi connectivity index (χ0) is 24.8. The Morgan fingerprint density at radius 2 is 0.973 bits per heavy atom. The Morgan fingerprint density at radius 3 is 1.35 bits per heavy atom. The minimum Gasteiger partial charge on any atom is -0.489 e. The van der Waals surface area contributed by atoms with Crippen molar-refractivity contribution in [3.05, 3.63) is 131 Å². The van der Waals surface area contributed by atoms with Crippen LogP contribution in [0.25, 0.3) is 0 Å². The van der Waals surface area contributed by atoms with Crippen LogP contribution in [0.1, 0.15) is 22.3 Å². The summed E-state index contributed by atoms with van der Waals surface area (Å²) >= 11 is 0. The summed E-state index contributed by atoms with van der Waals surface area (Å²) in [4.78, 5) is 0. The normalized spacial score (nSPS) is 10.6. The molecule has 0 amide bonds. The molecule has 37 heavy (non-hydrogen) atoms. The van der Waals surface area contributed by atoms with Crippen molar-refractivity contribution in [2.75, 3.05) is 0 Å². The van der Waals surface area contributed by atoms with E-state index in [1.165, 1.54) is 0 Å². The predicted octanol–water partition coefficient (Wildman–Crippen LogP) is 5.75. The Morgan fingerprint density at radius 1 is 0.595 bits per heavy atom. The van der Waals surface area contributed by atoms with Gasteiger partial charge in [0.2, 0.25) is 5.96 Å². The van der Waals surface area contributed by atoms with Crippen LogP contribution in [-0.2, 0) is 13.2 Å². The van der Waals surface area contributed by atoms with Crippen LogP contribution >= 0.6 is 12.4 Å². The van der Waals surface area contributed by atoms with Crippen LogP contribution in [0.5, 0.6) is 11.5 Å². The number of guanidine groups is 1. The van der Waals surface area contributed by atoms with E-state index < -0.39 is 0 Å². The van der Waals surface area contributed by atoms with Crippen LogP contribution in [0.2, 0.25) is 0 Å². The lowest BCUT2D eigenvalue weighted by Gasteiger charge is -2.06. The number of hydrogen-bond acceptors (Lipinski definition) is 5. The molecular formula is C29H28ClN5O2. The van der Waals surface area contributed by atoms with Crippen molar-refractivity contribution >= 4 is 30.8 Å². The summed E-state index contributed by atoms with van der Waals surface area (Å²) < 4.78 is 11.6. The number of nitrogens with one attached hydrogen (secondary N) is 3. The maximum absolute atomic E-state index is 7.87. The van der Waals surface area contributed by atoms with Crippen molar-refractivity contribution in [2.24, 2.45) is 10.2 Å². The number of halogens is 1. The number of benzene rings is 4. The number of hydrazone groups is 2. The first kappa shape index (κ1) is 27.0. The zero-order valence-electron chi connectivity index (χ0n) is 20.1. The SMILES string of the molecule is Cl.N=C(NN=Cc1ccc(OCc2ccccc2)cc1)NN=Cc1ccc(OCc2ccccc2)cc1. The fourth-order valence-electron chi connectivity index (χ4n) is 3.15. The third-order valence-corrected chi connectivity index (χ3v) is 5.04. The fourth-order valence-corrected chi connectivity index (χ4v) is 3.15. The molecule has 0 radical (unpaired) electrons. The van der Waals surface area contributed by atoms with Crippen molar-refractivity contribution < 1.29 is 9.47 Å². The van der Waals surface area contributed by atoms with Crippen LogP contribution in [0.15, 0.2) is 119 Å². The van der Waals surface area contributed by atoms with E-state index in [9.17, 15) is 0 Å². The first-order valence-corrected chi connectivity index (χ1v) is 11.4. The molecule has 8 heteroatoms. The lowest BCUT2D eigenvalue weighted by molar-refractivity contribution is 0.306. The van der Waals surface area contributed by atoms with Crippen molar-refractivity contribution in [1.82, 2.24) is 10.9 Å². The molecule has 0 aliphatic carbocycles. The average Bonchev–Trinajstić information content (AvgIpc) is 2.93. The summed E-state index contributed by atoms with van der Waals surface area (Å²) in [5, 5.41) is 16.0. The van der Waals surface area contributed by atoms with Gasteiger partial charge in [-0.25, -0.2) is 10.9 Å². The topological polar surface area (TPSA) is 91.1 Å². The van der Waals surface area contributed by atoms with Gasteiger partial charge in [-0.1, -0.05) is 60.7 Å². The van der Waals surface area contributed by atoms with Gasteiger partial charge in [-0.3, -0.25) is 5.41 Å².